The smallest absolute Gasteiger partial charge is 0.408 e. The maximum absolute atomic E-state index is 13.1. The van der Waals surface area contributed by atoms with E-state index in [-0.39, 0.29) is 4.90 Å². The molecule has 5 aromatic rings. The molecule has 3 heterocycles. The normalized spacial score (nSPS) is 12.0. The SMILES string of the molecule is Cc1ccn2cc(-c3ccc(C)c(NS(=O)(=O)c4ccc5oc(=O)n(C)c5c4)c3)nc2c1. The van der Waals surface area contributed by atoms with Crippen molar-refractivity contribution in [3.8, 4) is 11.3 Å². The van der Waals surface area contributed by atoms with Crippen LogP contribution in [0.1, 0.15) is 11.1 Å². The maximum atomic E-state index is 13.1. The van der Waals surface area contributed by atoms with Crippen LogP contribution in [0, 0.1) is 13.8 Å². The topological polar surface area (TPSA) is 98.6 Å². The van der Waals surface area contributed by atoms with Gasteiger partial charge in [-0.3, -0.25) is 9.29 Å². The number of aryl methyl sites for hydroxylation is 3. The Morgan fingerprint density at radius 3 is 2.66 bits per heavy atom. The molecule has 0 atom stereocenters. The van der Waals surface area contributed by atoms with Crippen LogP contribution in [-0.2, 0) is 17.1 Å². The number of aromatic nitrogens is 3. The summed E-state index contributed by atoms with van der Waals surface area (Å²) in [4.78, 5) is 16.4. The average Bonchev–Trinajstić information content (AvgIpc) is 3.29. The predicted octanol–water partition coefficient (Wildman–Crippen LogP) is 3.86. The summed E-state index contributed by atoms with van der Waals surface area (Å²) in [6.45, 7) is 3.84. The van der Waals surface area contributed by atoms with E-state index in [2.05, 4.69) is 9.71 Å². The second-order valence-electron chi connectivity index (χ2n) is 7.79. The lowest BCUT2D eigenvalue weighted by atomic mass is 10.1. The van der Waals surface area contributed by atoms with Crippen molar-refractivity contribution in [2.45, 2.75) is 18.7 Å². The number of nitrogens with one attached hydrogen (secondary N) is 1. The van der Waals surface area contributed by atoms with Gasteiger partial charge in [-0.25, -0.2) is 18.2 Å². The predicted molar refractivity (Wildman–Crippen MR) is 122 cm³/mol. The molecule has 0 aliphatic carbocycles. The molecule has 0 bridgehead atoms. The Hall–Kier alpha value is -3.85. The van der Waals surface area contributed by atoms with Crippen LogP contribution < -0.4 is 10.5 Å². The number of rotatable bonds is 4. The molecule has 5 rings (SSSR count). The summed E-state index contributed by atoms with van der Waals surface area (Å²) >= 11 is 0. The number of anilines is 1. The first-order valence-electron chi connectivity index (χ1n) is 9.90. The van der Waals surface area contributed by atoms with E-state index in [0.717, 1.165) is 28.0 Å². The third-order valence-corrected chi connectivity index (χ3v) is 6.83. The van der Waals surface area contributed by atoms with Crippen molar-refractivity contribution in [1.82, 2.24) is 14.0 Å². The van der Waals surface area contributed by atoms with Crippen LogP contribution >= 0.6 is 0 Å². The molecule has 0 unspecified atom stereocenters. The summed E-state index contributed by atoms with van der Waals surface area (Å²) in [5.41, 5.74) is 5.43. The average molecular weight is 449 g/mol. The third-order valence-electron chi connectivity index (χ3n) is 5.47. The van der Waals surface area contributed by atoms with E-state index in [0.29, 0.717) is 16.8 Å². The molecule has 0 saturated heterocycles. The highest BCUT2D eigenvalue weighted by Gasteiger charge is 2.19. The molecule has 3 aromatic heterocycles. The number of fused-ring (bicyclic) bond motifs is 2. The largest absolute Gasteiger partial charge is 0.419 e. The van der Waals surface area contributed by atoms with E-state index in [1.807, 2.05) is 54.9 Å². The monoisotopic (exact) mass is 448 g/mol. The first-order valence-corrected chi connectivity index (χ1v) is 11.4. The van der Waals surface area contributed by atoms with Gasteiger partial charge in [0.25, 0.3) is 10.0 Å². The number of imidazole rings is 1. The Labute approximate surface area is 183 Å². The Morgan fingerprint density at radius 1 is 1.03 bits per heavy atom. The fraction of sp³-hybridized carbons (Fsp3) is 0.130. The number of sulfonamides is 1. The van der Waals surface area contributed by atoms with Gasteiger partial charge in [-0.1, -0.05) is 12.1 Å². The van der Waals surface area contributed by atoms with E-state index in [4.69, 9.17) is 4.42 Å². The van der Waals surface area contributed by atoms with Crippen LogP contribution in [0.15, 0.2) is 75.0 Å². The zero-order chi connectivity index (χ0) is 22.6. The second-order valence-corrected chi connectivity index (χ2v) is 9.47. The molecule has 0 aliphatic rings. The standard InChI is InChI=1S/C23H20N4O4S/c1-14-8-9-27-13-19(24-22(27)10-14)16-5-4-15(2)18(11-16)25-32(29,30)17-6-7-21-20(12-17)26(3)23(28)31-21/h4-13,25H,1-3H3. The van der Waals surface area contributed by atoms with Crippen molar-refractivity contribution < 1.29 is 12.8 Å². The third kappa shape index (κ3) is 3.36. The van der Waals surface area contributed by atoms with Gasteiger partial charge in [0, 0.05) is 25.0 Å². The van der Waals surface area contributed by atoms with Gasteiger partial charge < -0.3 is 8.82 Å². The summed E-state index contributed by atoms with van der Waals surface area (Å²) in [5, 5.41) is 0. The molecular formula is C23H20N4O4S. The van der Waals surface area contributed by atoms with Crippen molar-refractivity contribution in [3.05, 3.63) is 82.6 Å². The first-order chi connectivity index (χ1) is 15.2. The molecule has 1 N–H and O–H groups in total. The molecule has 0 amide bonds. The van der Waals surface area contributed by atoms with Gasteiger partial charge in [-0.2, -0.15) is 0 Å². The fourth-order valence-corrected chi connectivity index (χ4v) is 4.73. The maximum Gasteiger partial charge on any atom is 0.419 e. The lowest BCUT2D eigenvalue weighted by Crippen LogP contribution is -2.14. The van der Waals surface area contributed by atoms with Crippen LogP contribution in [0.25, 0.3) is 28.0 Å². The number of oxazole rings is 1. The summed E-state index contributed by atoms with van der Waals surface area (Å²) in [6, 6.07) is 13.8. The van der Waals surface area contributed by atoms with Crippen LogP contribution in [-0.4, -0.2) is 22.4 Å². The van der Waals surface area contributed by atoms with E-state index >= 15 is 0 Å². The number of hydrogen-bond acceptors (Lipinski definition) is 5. The van der Waals surface area contributed by atoms with Gasteiger partial charge in [0.15, 0.2) is 5.58 Å². The number of benzene rings is 2. The summed E-state index contributed by atoms with van der Waals surface area (Å²) in [5.74, 6) is -0.547. The molecule has 162 valence electrons. The Bertz CT molecular complexity index is 1680. The van der Waals surface area contributed by atoms with Gasteiger partial charge in [-0.05, 0) is 61.4 Å². The summed E-state index contributed by atoms with van der Waals surface area (Å²) in [7, 11) is -2.37. The van der Waals surface area contributed by atoms with Gasteiger partial charge in [0.2, 0.25) is 0 Å². The zero-order valence-corrected chi connectivity index (χ0v) is 18.5. The molecule has 32 heavy (non-hydrogen) atoms. The molecule has 0 fully saturated rings. The highest BCUT2D eigenvalue weighted by Crippen LogP contribution is 2.28. The molecule has 8 nitrogen and oxygen atoms in total. The van der Waals surface area contributed by atoms with Crippen molar-refractivity contribution >= 4 is 32.5 Å². The minimum atomic E-state index is -3.90. The molecule has 0 spiro atoms. The number of pyridine rings is 1. The lowest BCUT2D eigenvalue weighted by Gasteiger charge is -2.12. The van der Waals surface area contributed by atoms with E-state index in [9.17, 15) is 13.2 Å². The molecule has 2 aromatic carbocycles. The van der Waals surface area contributed by atoms with Crippen LogP contribution in [0.2, 0.25) is 0 Å². The minimum Gasteiger partial charge on any atom is -0.408 e. The zero-order valence-electron chi connectivity index (χ0n) is 17.7. The van der Waals surface area contributed by atoms with E-state index < -0.39 is 15.8 Å². The first kappa shape index (κ1) is 20.1. The Balaban J connectivity index is 1.53. The fourth-order valence-electron chi connectivity index (χ4n) is 3.59. The van der Waals surface area contributed by atoms with Crippen LogP contribution in [0.4, 0.5) is 5.69 Å². The summed E-state index contributed by atoms with van der Waals surface area (Å²) < 4.78 is 37.1. The minimum absolute atomic E-state index is 0.0365. The van der Waals surface area contributed by atoms with Gasteiger partial charge in [0.1, 0.15) is 5.65 Å². The van der Waals surface area contributed by atoms with Gasteiger partial charge in [-0.15, -0.1) is 0 Å². The highest BCUT2D eigenvalue weighted by molar-refractivity contribution is 7.92. The number of hydrogen-bond donors (Lipinski definition) is 1. The second kappa shape index (κ2) is 7.10. The highest BCUT2D eigenvalue weighted by atomic mass is 32.2. The number of nitrogens with zero attached hydrogens (tertiary/aromatic N) is 3. The molecule has 0 saturated carbocycles. The Morgan fingerprint density at radius 2 is 1.84 bits per heavy atom. The molecule has 0 radical (unpaired) electrons. The Kier molecular flexibility index (Phi) is 4.45. The summed E-state index contributed by atoms with van der Waals surface area (Å²) in [6.07, 6.45) is 3.85. The quantitative estimate of drug-likeness (QED) is 0.450. The lowest BCUT2D eigenvalue weighted by molar-refractivity contribution is 0.528. The van der Waals surface area contributed by atoms with E-state index in [1.165, 1.54) is 29.8 Å². The molecule has 9 heteroatoms. The van der Waals surface area contributed by atoms with Gasteiger partial charge >= 0.3 is 5.76 Å². The van der Waals surface area contributed by atoms with Crippen molar-refractivity contribution in [2.24, 2.45) is 7.05 Å². The van der Waals surface area contributed by atoms with E-state index in [1.54, 1.807) is 6.07 Å². The van der Waals surface area contributed by atoms with Gasteiger partial charge in [0.05, 0.1) is 21.8 Å². The molecule has 0 aliphatic heterocycles. The van der Waals surface area contributed by atoms with Crippen molar-refractivity contribution in [2.75, 3.05) is 4.72 Å². The van der Waals surface area contributed by atoms with Crippen molar-refractivity contribution in [1.29, 1.82) is 0 Å². The van der Waals surface area contributed by atoms with Crippen LogP contribution in [0.5, 0.6) is 0 Å². The molecular weight excluding hydrogens is 428 g/mol. The van der Waals surface area contributed by atoms with Crippen molar-refractivity contribution in [3.63, 3.8) is 0 Å². The van der Waals surface area contributed by atoms with Crippen LogP contribution in [0.3, 0.4) is 0 Å².